The average Bonchev–Trinajstić information content (AvgIpc) is 3.04. The minimum Gasteiger partial charge on any atom is -0.384 e. The van der Waals surface area contributed by atoms with Crippen LogP contribution >= 0.6 is 11.6 Å². The molecule has 2 aromatic carbocycles. The zero-order valence-electron chi connectivity index (χ0n) is 14.3. The first-order chi connectivity index (χ1) is 12.6. The molecule has 26 heavy (non-hydrogen) atoms. The van der Waals surface area contributed by atoms with Crippen molar-refractivity contribution in [2.24, 2.45) is 0 Å². The van der Waals surface area contributed by atoms with Crippen LogP contribution in [0.5, 0.6) is 0 Å². The number of anilines is 1. The summed E-state index contributed by atoms with van der Waals surface area (Å²) in [4.78, 5) is 12.0. The van der Waals surface area contributed by atoms with Gasteiger partial charge in [0.25, 0.3) is 5.91 Å². The van der Waals surface area contributed by atoms with Gasteiger partial charge in [0.1, 0.15) is 5.82 Å². The monoisotopic (exact) mass is 370 g/mol. The van der Waals surface area contributed by atoms with Crippen molar-refractivity contribution in [3.63, 3.8) is 0 Å². The summed E-state index contributed by atoms with van der Waals surface area (Å²) in [5.41, 5.74) is 9.11. The van der Waals surface area contributed by atoms with Gasteiger partial charge in [0.2, 0.25) is 0 Å². The van der Waals surface area contributed by atoms with Gasteiger partial charge in [-0.3, -0.25) is 4.79 Å². The molecule has 0 atom stereocenters. The quantitative estimate of drug-likeness (QED) is 0.653. The maximum atomic E-state index is 12.0. The molecular weight excluding hydrogens is 352 g/mol. The van der Waals surface area contributed by atoms with Crippen molar-refractivity contribution in [2.75, 3.05) is 26.0 Å². The molecule has 3 N–H and O–H groups in total. The van der Waals surface area contributed by atoms with Crippen LogP contribution < -0.4 is 11.1 Å². The molecule has 0 fully saturated rings. The highest BCUT2D eigenvalue weighted by atomic mass is 35.5. The Morgan fingerprint density at radius 2 is 1.88 bits per heavy atom. The summed E-state index contributed by atoms with van der Waals surface area (Å²) in [6, 6.07) is 16.3. The van der Waals surface area contributed by atoms with Crippen LogP contribution in [0.4, 0.5) is 5.82 Å². The van der Waals surface area contributed by atoms with Crippen LogP contribution in [0.15, 0.2) is 54.6 Å². The standard InChI is InChI=1S/C19H19ClN4O2/c1-26-11-10-22-19(25)14-4-8-16(9-5-14)24-18(21)12-17(23-24)13-2-6-15(20)7-3-13/h2-9,12H,10-11,21H2,1H3,(H,22,25). The summed E-state index contributed by atoms with van der Waals surface area (Å²) < 4.78 is 6.55. The maximum absolute atomic E-state index is 12.0. The van der Waals surface area contributed by atoms with Crippen molar-refractivity contribution in [3.05, 3.63) is 65.2 Å². The number of ether oxygens (including phenoxy) is 1. The van der Waals surface area contributed by atoms with E-state index in [1.807, 2.05) is 24.3 Å². The predicted octanol–water partition coefficient (Wildman–Crippen LogP) is 3.15. The Morgan fingerprint density at radius 1 is 1.19 bits per heavy atom. The van der Waals surface area contributed by atoms with Gasteiger partial charge in [-0.15, -0.1) is 0 Å². The van der Waals surface area contributed by atoms with Crippen LogP contribution in [-0.2, 0) is 4.74 Å². The van der Waals surface area contributed by atoms with E-state index in [4.69, 9.17) is 22.1 Å². The van der Waals surface area contributed by atoms with Gasteiger partial charge in [-0.1, -0.05) is 23.7 Å². The van der Waals surface area contributed by atoms with E-state index in [1.54, 1.807) is 42.1 Å². The highest BCUT2D eigenvalue weighted by Crippen LogP contribution is 2.24. The van der Waals surface area contributed by atoms with Gasteiger partial charge in [0.05, 0.1) is 18.0 Å². The molecule has 0 spiro atoms. The highest BCUT2D eigenvalue weighted by molar-refractivity contribution is 6.30. The van der Waals surface area contributed by atoms with Gasteiger partial charge in [0, 0.05) is 35.9 Å². The molecule has 0 bridgehead atoms. The van der Waals surface area contributed by atoms with Gasteiger partial charge in [0.15, 0.2) is 0 Å². The van der Waals surface area contributed by atoms with E-state index in [0.29, 0.717) is 29.6 Å². The van der Waals surface area contributed by atoms with Gasteiger partial charge in [-0.25, -0.2) is 4.68 Å². The molecule has 3 rings (SSSR count). The fraction of sp³-hybridized carbons (Fsp3) is 0.158. The number of nitrogens with two attached hydrogens (primary N) is 1. The van der Waals surface area contributed by atoms with E-state index in [0.717, 1.165) is 16.9 Å². The second-order valence-corrected chi connectivity index (χ2v) is 6.11. The lowest BCUT2D eigenvalue weighted by atomic mass is 10.1. The maximum Gasteiger partial charge on any atom is 0.251 e. The smallest absolute Gasteiger partial charge is 0.251 e. The number of amides is 1. The molecule has 3 aromatic rings. The molecule has 0 aliphatic carbocycles. The van der Waals surface area contributed by atoms with E-state index in [-0.39, 0.29) is 5.91 Å². The third kappa shape index (κ3) is 4.04. The largest absolute Gasteiger partial charge is 0.384 e. The van der Waals surface area contributed by atoms with Gasteiger partial charge in [-0.05, 0) is 36.4 Å². The number of benzene rings is 2. The van der Waals surface area contributed by atoms with Crippen LogP contribution in [0.1, 0.15) is 10.4 Å². The third-order valence-corrected chi connectivity index (χ3v) is 4.09. The Hall–Kier alpha value is -2.83. The van der Waals surface area contributed by atoms with Crippen molar-refractivity contribution in [2.45, 2.75) is 0 Å². The molecule has 0 aliphatic heterocycles. The van der Waals surface area contributed by atoms with Crippen molar-refractivity contribution < 1.29 is 9.53 Å². The number of methoxy groups -OCH3 is 1. The topological polar surface area (TPSA) is 82.2 Å². The lowest BCUT2D eigenvalue weighted by molar-refractivity contribution is 0.0937. The van der Waals surface area contributed by atoms with Crippen LogP contribution in [0.2, 0.25) is 5.02 Å². The molecule has 7 heteroatoms. The van der Waals surface area contributed by atoms with Crippen LogP contribution in [0.25, 0.3) is 16.9 Å². The normalized spacial score (nSPS) is 10.7. The van der Waals surface area contributed by atoms with Crippen molar-refractivity contribution >= 4 is 23.3 Å². The summed E-state index contributed by atoms with van der Waals surface area (Å²) in [5.74, 6) is 0.358. The molecule has 1 aromatic heterocycles. The molecule has 1 amide bonds. The van der Waals surface area contributed by atoms with Crippen LogP contribution in [0, 0.1) is 0 Å². The minimum absolute atomic E-state index is 0.149. The molecule has 0 saturated heterocycles. The molecule has 1 heterocycles. The summed E-state index contributed by atoms with van der Waals surface area (Å²) in [6.07, 6.45) is 0. The van der Waals surface area contributed by atoms with E-state index >= 15 is 0 Å². The lowest BCUT2D eigenvalue weighted by Gasteiger charge is -2.07. The number of aromatic nitrogens is 2. The second-order valence-electron chi connectivity index (χ2n) is 5.67. The number of nitrogen functional groups attached to an aromatic ring is 1. The average molecular weight is 371 g/mol. The molecular formula is C19H19ClN4O2. The zero-order chi connectivity index (χ0) is 18.5. The van der Waals surface area contributed by atoms with Gasteiger partial charge < -0.3 is 15.8 Å². The number of nitrogens with one attached hydrogen (secondary N) is 1. The predicted molar refractivity (Wildman–Crippen MR) is 103 cm³/mol. The lowest BCUT2D eigenvalue weighted by Crippen LogP contribution is -2.26. The van der Waals surface area contributed by atoms with E-state index in [1.165, 1.54) is 0 Å². The molecule has 0 aliphatic rings. The summed E-state index contributed by atoms with van der Waals surface area (Å²) in [5, 5.41) is 7.99. The molecule has 0 saturated carbocycles. The fourth-order valence-electron chi connectivity index (χ4n) is 2.49. The Balaban J connectivity index is 1.79. The van der Waals surface area contributed by atoms with Gasteiger partial charge >= 0.3 is 0 Å². The van der Waals surface area contributed by atoms with Gasteiger partial charge in [-0.2, -0.15) is 5.10 Å². The third-order valence-electron chi connectivity index (χ3n) is 3.84. The number of carbonyl (C=O) groups is 1. The van der Waals surface area contributed by atoms with Crippen molar-refractivity contribution in [3.8, 4) is 16.9 Å². The van der Waals surface area contributed by atoms with Crippen molar-refractivity contribution in [1.29, 1.82) is 0 Å². The minimum atomic E-state index is -0.149. The first kappa shape index (κ1) is 18.0. The number of carbonyl (C=O) groups excluding carboxylic acids is 1. The summed E-state index contributed by atoms with van der Waals surface area (Å²) in [7, 11) is 1.59. The number of hydrogen-bond acceptors (Lipinski definition) is 4. The fourth-order valence-corrected chi connectivity index (χ4v) is 2.61. The Kier molecular flexibility index (Phi) is 5.55. The van der Waals surface area contributed by atoms with E-state index in [9.17, 15) is 4.79 Å². The molecule has 6 nitrogen and oxygen atoms in total. The highest BCUT2D eigenvalue weighted by Gasteiger charge is 2.10. The Morgan fingerprint density at radius 3 is 2.54 bits per heavy atom. The first-order valence-electron chi connectivity index (χ1n) is 8.07. The number of hydrogen-bond donors (Lipinski definition) is 2. The Bertz CT molecular complexity index is 889. The Labute approximate surface area is 156 Å². The van der Waals surface area contributed by atoms with Crippen LogP contribution in [0.3, 0.4) is 0 Å². The molecule has 134 valence electrons. The summed E-state index contributed by atoms with van der Waals surface area (Å²) in [6.45, 7) is 0.939. The first-order valence-corrected chi connectivity index (χ1v) is 8.45. The van der Waals surface area contributed by atoms with Crippen LogP contribution in [-0.4, -0.2) is 35.9 Å². The number of rotatable bonds is 6. The van der Waals surface area contributed by atoms with Crippen molar-refractivity contribution in [1.82, 2.24) is 15.1 Å². The number of halogens is 1. The molecule has 0 radical (unpaired) electrons. The molecule has 0 unspecified atom stereocenters. The summed E-state index contributed by atoms with van der Waals surface area (Å²) >= 11 is 5.92. The van der Waals surface area contributed by atoms with E-state index in [2.05, 4.69) is 10.4 Å². The SMILES string of the molecule is COCCNC(=O)c1ccc(-n2nc(-c3ccc(Cl)cc3)cc2N)cc1. The zero-order valence-corrected chi connectivity index (χ0v) is 15.0. The second kappa shape index (κ2) is 8.03. The van der Waals surface area contributed by atoms with E-state index < -0.39 is 0 Å². The number of nitrogens with zero attached hydrogens (tertiary/aromatic N) is 2.